The smallest absolute Gasteiger partial charge is 0.410 e. The molecule has 1 atom stereocenters. The predicted molar refractivity (Wildman–Crippen MR) is 101 cm³/mol. The van der Waals surface area contributed by atoms with Gasteiger partial charge in [0.25, 0.3) is 0 Å². The van der Waals surface area contributed by atoms with Gasteiger partial charge in [0.05, 0.1) is 22.9 Å². The molecule has 2 aromatic rings. The Balaban J connectivity index is 1.64. The highest BCUT2D eigenvalue weighted by atomic mass is 32.2. The van der Waals surface area contributed by atoms with E-state index in [9.17, 15) is 13.2 Å². The van der Waals surface area contributed by atoms with Gasteiger partial charge in [0.2, 0.25) is 10.0 Å². The van der Waals surface area contributed by atoms with Crippen molar-refractivity contribution in [1.29, 1.82) is 0 Å². The van der Waals surface area contributed by atoms with Crippen LogP contribution in [0.25, 0.3) is 10.6 Å². The molecule has 2 aliphatic heterocycles. The Bertz CT molecular complexity index is 996. The Labute approximate surface area is 162 Å². The maximum atomic E-state index is 13.3. The van der Waals surface area contributed by atoms with Crippen LogP contribution < -0.4 is 0 Å². The van der Waals surface area contributed by atoms with Crippen LogP contribution >= 0.6 is 11.3 Å². The van der Waals surface area contributed by atoms with Crippen LogP contribution in [0.4, 0.5) is 4.79 Å². The fourth-order valence-electron chi connectivity index (χ4n) is 3.80. The van der Waals surface area contributed by atoms with E-state index in [0.717, 1.165) is 21.1 Å². The lowest BCUT2D eigenvalue weighted by Gasteiger charge is -2.37. The summed E-state index contributed by atoms with van der Waals surface area (Å²) >= 11 is 1.41. The Morgan fingerprint density at radius 2 is 2.07 bits per heavy atom. The van der Waals surface area contributed by atoms with Gasteiger partial charge in [-0.25, -0.2) is 13.2 Å². The molecule has 146 valence electrons. The summed E-state index contributed by atoms with van der Waals surface area (Å²) in [5.41, 5.74) is 0.914. The maximum absolute atomic E-state index is 13.3. The third-order valence-corrected chi connectivity index (χ3v) is 8.27. The van der Waals surface area contributed by atoms with Crippen molar-refractivity contribution in [2.75, 3.05) is 26.7 Å². The van der Waals surface area contributed by atoms with E-state index in [-0.39, 0.29) is 6.54 Å². The quantitative estimate of drug-likeness (QED) is 0.838. The van der Waals surface area contributed by atoms with Crippen molar-refractivity contribution < 1.29 is 17.9 Å². The third kappa shape index (κ3) is 3.15. The van der Waals surface area contributed by atoms with Gasteiger partial charge >= 0.3 is 6.09 Å². The second-order valence-corrected chi connectivity index (χ2v) is 10.5. The van der Waals surface area contributed by atoms with Gasteiger partial charge in [0, 0.05) is 24.2 Å². The number of amides is 1. The highest BCUT2D eigenvalue weighted by Crippen LogP contribution is 2.37. The molecule has 0 aromatic carbocycles. The summed E-state index contributed by atoms with van der Waals surface area (Å²) in [6.45, 7) is 4.75. The molecule has 1 amide bonds. The van der Waals surface area contributed by atoms with Crippen LogP contribution in [0.3, 0.4) is 0 Å². The lowest BCUT2D eigenvalue weighted by atomic mass is 9.94. The van der Waals surface area contributed by atoms with Crippen molar-refractivity contribution in [2.45, 2.75) is 37.2 Å². The summed E-state index contributed by atoms with van der Waals surface area (Å²) in [7, 11) is -2.00. The highest BCUT2D eigenvalue weighted by Gasteiger charge is 2.49. The number of nitrogens with zero attached hydrogens (tertiary/aromatic N) is 3. The van der Waals surface area contributed by atoms with E-state index >= 15 is 0 Å². The number of rotatable bonds is 3. The van der Waals surface area contributed by atoms with Crippen molar-refractivity contribution in [1.82, 2.24) is 19.4 Å². The predicted octanol–water partition coefficient (Wildman–Crippen LogP) is 2.36. The molecule has 1 N–H and O–H groups in total. The van der Waals surface area contributed by atoms with E-state index in [1.165, 1.54) is 20.5 Å². The molecule has 0 aliphatic carbocycles. The van der Waals surface area contributed by atoms with Gasteiger partial charge in [0.15, 0.2) is 0 Å². The lowest BCUT2D eigenvalue weighted by Crippen LogP contribution is -2.52. The number of piperidine rings is 1. The first kappa shape index (κ1) is 18.5. The lowest BCUT2D eigenvalue weighted by molar-refractivity contribution is 0.0143. The normalized spacial score (nSPS) is 24.0. The largest absolute Gasteiger partial charge is 0.439 e. The molecular weight excluding hydrogens is 388 g/mol. The molecule has 2 aromatic heterocycles. The molecule has 0 radical (unpaired) electrons. The number of H-pyrrole nitrogens is 1. The molecule has 4 rings (SSSR count). The molecular formula is C17H22N4O4S2. The zero-order chi connectivity index (χ0) is 19.4. The number of aromatic nitrogens is 2. The summed E-state index contributed by atoms with van der Waals surface area (Å²) in [4.78, 5) is 15.2. The van der Waals surface area contributed by atoms with Crippen LogP contribution in [0.15, 0.2) is 17.0 Å². The van der Waals surface area contributed by atoms with E-state index in [2.05, 4.69) is 10.2 Å². The number of nitrogens with one attached hydrogen (secondary N) is 1. The van der Waals surface area contributed by atoms with Crippen molar-refractivity contribution in [3.05, 3.63) is 22.7 Å². The fourth-order valence-corrected chi connectivity index (χ4v) is 6.87. The number of hydrogen-bond donors (Lipinski definition) is 1. The summed E-state index contributed by atoms with van der Waals surface area (Å²) in [5.74, 6) is 0. The number of likely N-dealkylation sites (N-methyl/N-ethyl adjacent to an activating group) is 1. The summed E-state index contributed by atoms with van der Waals surface area (Å²) in [6.07, 6.45) is 0.946. The third-order valence-electron chi connectivity index (χ3n) is 5.09. The SMILES string of the molecule is Cc1cc(-c2cc(S(=O)(=O)N3CCCC4(CN(C)C(=O)O4)C3)c(C)s2)n[nH]1. The molecule has 2 saturated heterocycles. The molecule has 8 nitrogen and oxygen atoms in total. The van der Waals surface area contributed by atoms with Crippen LogP contribution in [0.5, 0.6) is 0 Å². The molecule has 1 unspecified atom stereocenters. The molecule has 2 fully saturated rings. The van der Waals surface area contributed by atoms with E-state index in [0.29, 0.717) is 30.8 Å². The molecule has 4 heterocycles. The van der Waals surface area contributed by atoms with Gasteiger partial charge in [0.1, 0.15) is 11.3 Å². The van der Waals surface area contributed by atoms with Gasteiger partial charge in [-0.3, -0.25) is 5.10 Å². The van der Waals surface area contributed by atoms with Crippen molar-refractivity contribution in [3.63, 3.8) is 0 Å². The van der Waals surface area contributed by atoms with Gasteiger partial charge in [-0.05, 0) is 38.8 Å². The van der Waals surface area contributed by atoms with Gasteiger partial charge in [-0.2, -0.15) is 9.40 Å². The summed E-state index contributed by atoms with van der Waals surface area (Å²) < 4.78 is 33.6. The number of sulfonamides is 1. The highest BCUT2D eigenvalue weighted by molar-refractivity contribution is 7.89. The minimum atomic E-state index is -3.68. The van der Waals surface area contributed by atoms with Crippen LogP contribution in [-0.2, 0) is 14.8 Å². The van der Waals surface area contributed by atoms with Crippen molar-refractivity contribution >= 4 is 27.5 Å². The average molecular weight is 411 g/mol. The Morgan fingerprint density at radius 3 is 2.70 bits per heavy atom. The second-order valence-electron chi connectivity index (χ2n) is 7.32. The van der Waals surface area contributed by atoms with Crippen LogP contribution in [0.1, 0.15) is 23.4 Å². The molecule has 1 spiro atoms. The van der Waals surface area contributed by atoms with E-state index < -0.39 is 21.7 Å². The summed E-state index contributed by atoms with van der Waals surface area (Å²) in [6, 6.07) is 3.59. The van der Waals surface area contributed by atoms with Crippen LogP contribution in [0.2, 0.25) is 0 Å². The first-order valence-corrected chi connectivity index (χ1v) is 11.0. The van der Waals surface area contributed by atoms with Gasteiger partial charge < -0.3 is 9.64 Å². The summed E-state index contributed by atoms with van der Waals surface area (Å²) in [5, 5.41) is 7.11. The molecule has 0 bridgehead atoms. The van der Waals surface area contributed by atoms with Crippen LogP contribution in [0, 0.1) is 13.8 Å². The number of aromatic amines is 1. The number of hydrogen-bond acceptors (Lipinski definition) is 6. The zero-order valence-corrected chi connectivity index (χ0v) is 17.1. The monoisotopic (exact) mass is 410 g/mol. The number of aryl methyl sites for hydroxylation is 2. The molecule has 27 heavy (non-hydrogen) atoms. The minimum Gasteiger partial charge on any atom is -0.439 e. The number of carbonyl (C=O) groups is 1. The average Bonchev–Trinajstić information content (AvgIpc) is 3.27. The van der Waals surface area contributed by atoms with E-state index in [4.69, 9.17) is 4.74 Å². The van der Waals surface area contributed by atoms with Crippen LogP contribution in [-0.4, -0.2) is 66.2 Å². The number of ether oxygens (including phenoxy) is 1. The Morgan fingerprint density at radius 1 is 1.30 bits per heavy atom. The molecule has 2 aliphatic rings. The second kappa shape index (κ2) is 6.32. The zero-order valence-electron chi connectivity index (χ0n) is 15.5. The van der Waals surface area contributed by atoms with Crippen molar-refractivity contribution in [3.8, 4) is 10.6 Å². The van der Waals surface area contributed by atoms with E-state index in [1.54, 1.807) is 13.1 Å². The standard InChI is InChI=1S/C17H22N4O4S2/c1-11-7-13(19-18-11)14-8-15(12(2)26-14)27(23,24)21-6-4-5-17(10-21)9-20(3)16(22)25-17/h7-8H,4-6,9-10H2,1-3H3,(H,18,19). The molecule has 10 heteroatoms. The Kier molecular flexibility index (Phi) is 4.32. The van der Waals surface area contributed by atoms with Gasteiger partial charge in [-0.15, -0.1) is 11.3 Å². The van der Waals surface area contributed by atoms with Gasteiger partial charge in [-0.1, -0.05) is 0 Å². The fraction of sp³-hybridized carbons (Fsp3) is 0.529. The minimum absolute atomic E-state index is 0.192. The maximum Gasteiger partial charge on any atom is 0.410 e. The van der Waals surface area contributed by atoms with E-state index in [1.807, 2.05) is 19.9 Å². The molecule has 0 saturated carbocycles. The first-order valence-electron chi connectivity index (χ1n) is 8.77. The number of carbonyl (C=O) groups excluding carboxylic acids is 1. The van der Waals surface area contributed by atoms with Crippen molar-refractivity contribution in [2.24, 2.45) is 0 Å². The first-order chi connectivity index (χ1) is 12.7. The topological polar surface area (TPSA) is 95.6 Å². The number of thiophene rings is 1. The Hall–Kier alpha value is -1.91.